The molecule has 2 aromatic carbocycles. The molecular weight excluding hydrogens is 402 g/mol. The van der Waals surface area contributed by atoms with Crippen molar-refractivity contribution in [3.05, 3.63) is 65.4 Å². The van der Waals surface area contributed by atoms with E-state index in [1.807, 2.05) is 69.3 Å². The fourth-order valence-corrected chi connectivity index (χ4v) is 4.01. The number of benzene rings is 2. The number of imidazole rings is 1. The molecule has 1 N–H and O–H groups in total. The van der Waals surface area contributed by atoms with Gasteiger partial charge in [-0.25, -0.2) is 9.78 Å². The highest BCUT2D eigenvalue weighted by atomic mass is 16.5. The maximum absolute atomic E-state index is 13.2. The van der Waals surface area contributed by atoms with Gasteiger partial charge in [-0.3, -0.25) is 4.57 Å². The molecule has 1 aliphatic rings. The molecule has 1 aromatic heterocycles. The summed E-state index contributed by atoms with van der Waals surface area (Å²) in [6, 6.07) is 15.6. The molecule has 0 aliphatic carbocycles. The van der Waals surface area contributed by atoms with Crippen molar-refractivity contribution in [3.8, 4) is 5.75 Å². The number of carbonyl (C=O) groups excluding carboxylic acids is 1. The fraction of sp³-hybridized carbons (Fsp3) is 0.385. The van der Waals surface area contributed by atoms with E-state index in [1.165, 1.54) is 0 Å². The standard InChI is InChI=1S/C26H31N3O3/c1-16(2)13-14-31-20-10-8-9-19(15-20)24-23(25(30)32-17(3)4)18(5)27-26-28-21-11-6-7-12-22(21)29(24)26/h6-12,15-17,24H,13-14H2,1-5H3,(H,27,28). The van der Waals surface area contributed by atoms with Crippen molar-refractivity contribution < 1.29 is 14.3 Å². The van der Waals surface area contributed by atoms with E-state index in [0.717, 1.165) is 34.5 Å². The van der Waals surface area contributed by atoms with Crippen LogP contribution in [0.2, 0.25) is 0 Å². The highest BCUT2D eigenvalue weighted by Gasteiger charge is 2.35. The summed E-state index contributed by atoms with van der Waals surface area (Å²) in [7, 11) is 0. The highest BCUT2D eigenvalue weighted by molar-refractivity contribution is 5.94. The number of esters is 1. The Labute approximate surface area is 189 Å². The molecule has 0 spiro atoms. The van der Waals surface area contributed by atoms with E-state index >= 15 is 0 Å². The molecule has 4 rings (SSSR count). The minimum atomic E-state index is -0.376. The Bertz CT molecular complexity index is 1160. The second kappa shape index (κ2) is 9.07. The Morgan fingerprint density at radius 2 is 1.91 bits per heavy atom. The summed E-state index contributed by atoms with van der Waals surface area (Å²) in [6.45, 7) is 10.6. The van der Waals surface area contributed by atoms with Gasteiger partial charge in [0, 0.05) is 5.70 Å². The van der Waals surface area contributed by atoms with Crippen LogP contribution < -0.4 is 10.1 Å². The molecule has 0 fully saturated rings. The molecule has 2 heterocycles. The van der Waals surface area contributed by atoms with Crippen LogP contribution in [0.3, 0.4) is 0 Å². The minimum absolute atomic E-state index is 0.213. The molecule has 0 saturated carbocycles. The first-order chi connectivity index (χ1) is 15.3. The number of aromatic nitrogens is 2. The number of anilines is 1. The first-order valence-electron chi connectivity index (χ1n) is 11.2. The Hall–Kier alpha value is -3.28. The Kier molecular flexibility index (Phi) is 6.21. The van der Waals surface area contributed by atoms with Crippen LogP contribution in [-0.4, -0.2) is 28.2 Å². The monoisotopic (exact) mass is 433 g/mol. The Balaban J connectivity index is 1.82. The molecular formula is C26H31N3O3. The number of ether oxygens (including phenoxy) is 2. The topological polar surface area (TPSA) is 65.4 Å². The Morgan fingerprint density at radius 1 is 1.12 bits per heavy atom. The highest BCUT2D eigenvalue weighted by Crippen LogP contribution is 2.40. The van der Waals surface area contributed by atoms with Crippen LogP contribution in [0.1, 0.15) is 52.6 Å². The lowest BCUT2D eigenvalue weighted by Crippen LogP contribution is -2.30. The van der Waals surface area contributed by atoms with Gasteiger partial charge in [0.25, 0.3) is 0 Å². The normalized spacial score (nSPS) is 15.8. The number of nitrogens with zero attached hydrogens (tertiary/aromatic N) is 2. The first kappa shape index (κ1) is 21.9. The van der Waals surface area contributed by atoms with Gasteiger partial charge in [0.1, 0.15) is 5.75 Å². The molecule has 168 valence electrons. The van der Waals surface area contributed by atoms with Crippen LogP contribution in [0, 0.1) is 5.92 Å². The second-order valence-electron chi connectivity index (χ2n) is 8.92. The van der Waals surface area contributed by atoms with Gasteiger partial charge in [0.05, 0.1) is 35.4 Å². The van der Waals surface area contributed by atoms with Gasteiger partial charge in [0.2, 0.25) is 5.95 Å². The average molecular weight is 434 g/mol. The van der Waals surface area contributed by atoms with Crippen LogP contribution in [0.25, 0.3) is 11.0 Å². The third-order valence-corrected chi connectivity index (χ3v) is 5.53. The summed E-state index contributed by atoms with van der Waals surface area (Å²) in [5.41, 5.74) is 4.10. The van der Waals surface area contributed by atoms with Crippen molar-refractivity contribution in [2.24, 2.45) is 5.92 Å². The molecule has 3 aromatic rings. The van der Waals surface area contributed by atoms with Gasteiger partial charge in [-0.05, 0) is 62.9 Å². The number of hydrogen-bond donors (Lipinski definition) is 1. The van der Waals surface area contributed by atoms with Crippen LogP contribution in [0.15, 0.2) is 59.8 Å². The van der Waals surface area contributed by atoms with E-state index in [2.05, 4.69) is 23.7 Å². The number of para-hydroxylation sites is 2. The van der Waals surface area contributed by atoms with Gasteiger partial charge in [-0.1, -0.05) is 38.1 Å². The van der Waals surface area contributed by atoms with Crippen LogP contribution in [0.4, 0.5) is 5.95 Å². The number of nitrogens with one attached hydrogen (secondary N) is 1. The SMILES string of the molecule is CC1=C(C(=O)OC(C)C)C(c2cccc(OCCC(C)C)c2)n2c(nc3ccccc32)N1. The molecule has 0 amide bonds. The van der Waals surface area contributed by atoms with Crippen molar-refractivity contribution in [1.29, 1.82) is 0 Å². The molecule has 0 saturated heterocycles. The fourth-order valence-electron chi connectivity index (χ4n) is 4.01. The van der Waals surface area contributed by atoms with Crippen LogP contribution >= 0.6 is 0 Å². The average Bonchev–Trinajstić information content (AvgIpc) is 3.10. The van der Waals surface area contributed by atoms with E-state index in [9.17, 15) is 4.79 Å². The predicted octanol–water partition coefficient (Wildman–Crippen LogP) is 5.70. The predicted molar refractivity (Wildman–Crippen MR) is 127 cm³/mol. The van der Waals surface area contributed by atoms with Crippen molar-refractivity contribution in [3.63, 3.8) is 0 Å². The maximum Gasteiger partial charge on any atom is 0.338 e. The number of allylic oxidation sites excluding steroid dienone is 1. The van der Waals surface area contributed by atoms with Gasteiger partial charge >= 0.3 is 5.97 Å². The maximum atomic E-state index is 13.2. The van der Waals surface area contributed by atoms with E-state index in [0.29, 0.717) is 24.0 Å². The van der Waals surface area contributed by atoms with E-state index in [1.54, 1.807) is 0 Å². The van der Waals surface area contributed by atoms with Crippen molar-refractivity contribution >= 4 is 23.0 Å². The molecule has 1 unspecified atom stereocenters. The summed E-state index contributed by atoms with van der Waals surface area (Å²) in [5, 5.41) is 3.31. The smallest absolute Gasteiger partial charge is 0.338 e. The molecule has 0 bridgehead atoms. The number of fused-ring (bicyclic) bond motifs is 3. The van der Waals surface area contributed by atoms with Crippen LogP contribution in [0.5, 0.6) is 5.75 Å². The zero-order valence-corrected chi connectivity index (χ0v) is 19.4. The number of hydrogen-bond acceptors (Lipinski definition) is 5. The van der Waals surface area contributed by atoms with Crippen molar-refractivity contribution in [1.82, 2.24) is 9.55 Å². The molecule has 1 atom stereocenters. The largest absolute Gasteiger partial charge is 0.494 e. The van der Waals surface area contributed by atoms with Gasteiger partial charge in [-0.2, -0.15) is 0 Å². The van der Waals surface area contributed by atoms with Crippen LogP contribution in [-0.2, 0) is 9.53 Å². The summed E-state index contributed by atoms with van der Waals surface area (Å²) in [5.74, 6) is 1.75. The van der Waals surface area contributed by atoms with Gasteiger partial charge < -0.3 is 14.8 Å². The molecule has 6 nitrogen and oxygen atoms in total. The number of rotatable bonds is 7. The molecule has 32 heavy (non-hydrogen) atoms. The third-order valence-electron chi connectivity index (χ3n) is 5.53. The summed E-state index contributed by atoms with van der Waals surface area (Å²) in [6.07, 6.45) is 0.772. The lowest BCUT2D eigenvalue weighted by molar-refractivity contribution is -0.143. The quantitative estimate of drug-likeness (QED) is 0.484. The first-order valence-corrected chi connectivity index (χ1v) is 11.2. The van der Waals surface area contributed by atoms with E-state index < -0.39 is 0 Å². The van der Waals surface area contributed by atoms with Gasteiger partial charge in [0.15, 0.2) is 0 Å². The van der Waals surface area contributed by atoms with E-state index in [4.69, 9.17) is 14.5 Å². The Morgan fingerprint density at radius 3 is 2.66 bits per heavy atom. The molecule has 1 aliphatic heterocycles. The van der Waals surface area contributed by atoms with Crippen molar-refractivity contribution in [2.75, 3.05) is 11.9 Å². The summed E-state index contributed by atoms with van der Waals surface area (Å²) < 4.78 is 13.7. The van der Waals surface area contributed by atoms with Gasteiger partial charge in [-0.15, -0.1) is 0 Å². The second-order valence-corrected chi connectivity index (χ2v) is 8.92. The molecule has 0 radical (unpaired) electrons. The lowest BCUT2D eigenvalue weighted by atomic mass is 9.95. The zero-order valence-electron chi connectivity index (χ0n) is 19.4. The minimum Gasteiger partial charge on any atom is -0.494 e. The van der Waals surface area contributed by atoms with E-state index in [-0.39, 0.29) is 18.1 Å². The lowest BCUT2D eigenvalue weighted by Gasteiger charge is -2.30. The summed E-state index contributed by atoms with van der Waals surface area (Å²) >= 11 is 0. The third kappa shape index (κ3) is 4.35. The van der Waals surface area contributed by atoms with Crippen molar-refractivity contribution in [2.45, 2.75) is 53.2 Å². The zero-order chi connectivity index (χ0) is 22.8. The number of carbonyl (C=O) groups is 1. The summed E-state index contributed by atoms with van der Waals surface area (Å²) in [4.78, 5) is 18.0. The molecule has 6 heteroatoms.